The van der Waals surface area contributed by atoms with Crippen LogP contribution in [0.5, 0.6) is 0 Å². The molecule has 0 aromatic carbocycles. The molecule has 0 aliphatic rings. The number of aliphatic carboxylic acids is 1. The molecule has 0 saturated carbocycles. The van der Waals surface area contributed by atoms with Crippen LogP contribution in [0.4, 0.5) is 0 Å². The van der Waals surface area contributed by atoms with Gasteiger partial charge in [-0.3, -0.25) is 9.69 Å². The van der Waals surface area contributed by atoms with Crippen molar-refractivity contribution in [1.82, 2.24) is 10.2 Å². The highest BCUT2D eigenvalue weighted by atomic mass is 16.4. The number of hydrogen-bond acceptors (Lipinski definition) is 4. The third-order valence-corrected chi connectivity index (χ3v) is 5.59. The minimum absolute atomic E-state index is 0.00128. The molecule has 29 heavy (non-hydrogen) atoms. The van der Waals surface area contributed by atoms with E-state index in [0.29, 0.717) is 13.1 Å². The zero-order chi connectivity index (χ0) is 21.4. The molecule has 0 unspecified atom stereocenters. The fourth-order valence-electron chi connectivity index (χ4n) is 3.76. The summed E-state index contributed by atoms with van der Waals surface area (Å²) < 4.78 is 0. The van der Waals surface area contributed by atoms with Gasteiger partial charge in [-0.25, -0.2) is 0 Å². The predicted molar refractivity (Wildman–Crippen MR) is 124 cm³/mol. The number of rotatable bonds is 24. The van der Waals surface area contributed by atoms with Crippen molar-refractivity contribution in [3.8, 4) is 0 Å². The quantitative estimate of drug-likeness (QED) is 0.189. The summed E-state index contributed by atoms with van der Waals surface area (Å²) in [7, 11) is 0. The number of unbranched alkanes of at least 4 members (excludes halogenated alkanes) is 15. The maximum atomic E-state index is 10.7. The maximum Gasteiger partial charge on any atom is 0.317 e. The molecule has 5 nitrogen and oxygen atoms in total. The highest BCUT2D eigenvalue weighted by Crippen LogP contribution is 2.13. The van der Waals surface area contributed by atoms with E-state index in [-0.39, 0.29) is 13.2 Å². The maximum absolute atomic E-state index is 10.7. The van der Waals surface area contributed by atoms with E-state index in [4.69, 9.17) is 10.2 Å². The van der Waals surface area contributed by atoms with Gasteiger partial charge in [0.1, 0.15) is 0 Å². The topological polar surface area (TPSA) is 72.8 Å². The third kappa shape index (κ3) is 23.5. The average Bonchev–Trinajstić information content (AvgIpc) is 2.69. The van der Waals surface area contributed by atoms with Gasteiger partial charge in [0.15, 0.2) is 0 Å². The molecule has 0 aliphatic heterocycles. The molecule has 0 aromatic heterocycles. The van der Waals surface area contributed by atoms with Crippen molar-refractivity contribution < 1.29 is 15.0 Å². The molecule has 0 atom stereocenters. The number of aliphatic hydroxyl groups is 1. The molecule has 0 radical (unpaired) electrons. The molecule has 3 N–H and O–H groups in total. The number of carboxylic acid groups (broad SMARTS) is 1. The standard InChI is InChI=1S/C24H50N2O3/c1-2-3-4-5-6-7-8-9-10-11-12-13-14-15-16-17-18-25-19-20-26(21-22-27)23-24(28)29/h25,27H,2-23H2,1H3,(H,28,29). The molecule has 0 bridgehead atoms. The Kier molecular flexibility index (Phi) is 23.1. The molecular formula is C24H50N2O3. The Morgan fingerprint density at radius 2 is 1.14 bits per heavy atom. The van der Waals surface area contributed by atoms with Gasteiger partial charge in [-0.05, 0) is 13.0 Å². The molecule has 0 aliphatic carbocycles. The summed E-state index contributed by atoms with van der Waals surface area (Å²) in [6.45, 7) is 5.16. The number of hydrogen-bond donors (Lipinski definition) is 3. The van der Waals surface area contributed by atoms with Crippen molar-refractivity contribution >= 4 is 5.97 Å². The summed E-state index contributed by atoms with van der Waals surface area (Å²) >= 11 is 0. The van der Waals surface area contributed by atoms with Crippen LogP contribution >= 0.6 is 0 Å². The van der Waals surface area contributed by atoms with Crippen molar-refractivity contribution in [2.75, 3.05) is 39.3 Å². The predicted octanol–water partition coefficient (Wildman–Crippen LogP) is 5.22. The van der Waals surface area contributed by atoms with Gasteiger partial charge in [-0.1, -0.05) is 103 Å². The molecule has 174 valence electrons. The number of aliphatic hydroxyl groups excluding tert-OH is 1. The van der Waals surface area contributed by atoms with Gasteiger partial charge in [0.05, 0.1) is 13.2 Å². The smallest absolute Gasteiger partial charge is 0.317 e. The first-order valence-corrected chi connectivity index (χ1v) is 12.5. The van der Waals surface area contributed by atoms with Gasteiger partial charge >= 0.3 is 5.97 Å². The second-order valence-electron chi connectivity index (χ2n) is 8.45. The second kappa shape index (κ2) is 23.6. The van der Waals surface area contributed by atoms with E-state index in [9.17, 15) is 4.79 Å². The van der Waals surface area contributed by atoms with Crippen molar-refractivity contribution in [2.24, 2.45) is 0 Å². The molecule has 0 spiro atoms. The lowest BCUT2D eigenvalue weighted by Crippen LogP contribution is -2.37. The van der Waals surface area contributed by atoms with Crippen molar-refractivity contribution in [3.05, 3.63) is 0 Å². The van der Waals surface area contributed by atoms with Gasteiger partial charge in [0, 0.05) is 19.6 Å². The van der Waals surface area contributed by atoms with E-state index in [2.05, 4.69) is 12.2 Å². The minimum Gasteiger partial charge on any atom is -0.480 e. The van der Waals surface area contributed by atoms with E-state index < -0.39 is 5.97 Å². The lowest BCUT2D eigenvalue weighted by atomic mass is 10.0. The van der Waals surface area contributed by atoms with E-state index in [0.717, 1.165) is 13.1 Å². The zero-order valence-corrected chi connectivity index (χ0v) is 19.3. The Bertz CT molecular complexity index is 340. The third-order valence-electron chi connectivity index (χ3n) is 5.59. The van der Waals surface area contributed by atoms with Crippen LogP contribution in [-0.4, -0.2) is 60.4 Å². The highest BCUT2D eigenvalue weighted by Gasteiger charge is 2.07. The molecule has 0 aromatic rings. The van der Waals surface area contributed by atoms with Gasteiger partial charge in [-0.15, -0.1) is 0 Å². The second-order valence-corrected chi connectivity index (χ2v) is 8.45. The van der Waals surface area contributed by atoms with Crippen LogP contribution in [0.2, 0.25) is 0 Å². The molecule has 0 amide bonds. The van der Waals surface area contributed by atoms with Crippen LogP contribution in [0.15, 0.2) is 0 Å². The summed E-state index contributed by atoms with van der Waals surface area (Å²) in [6, 6.07) is 0. The Morgan fingerprint density at radius 1 is 0.690 bits per heavy atom. The minimum atomic E-state index is -0.837. The Morgan fingerprint density at radius 3 is 1.55 bits per heavy atom. The Hall–Kier alpha value is -0.650. The summed E-state index contributed by atoms with van der Waals surface area (Å²) in [5.74, 6) is -0.837. The van der Waals surface area contributed by atoms with Gasteiger partial charge in [0.25, 0.3) is 0 Å². The summed E-state index contributed by atoms with van der Waals surface area (Å²) in [5, 5.41) is 21.2. The summed E-state index contributed by atoms with van der Waals surface area (Å²) in [5.41, 5.74) is 0. The van der Waals surface area contributed by atoms with Crippen molar-refractivity contribution in [3.63, 3.8) is 0 Å². The Labute approximate surface area is 180 Å². The van der Waals surface area contributed by atoms with Crippen LogP contribution in [0.25, 0.3) is 0 Å². The molecular weight excluding hydrogens is 364 g/mol. The van der Waals surface area contributed by atoms with Crippen LogP contribution in [0.1, 0.15) is 110 Å². The highest BCUT2D eigenvalue weighted by molar-refractivity contribution is 5.69. The summed E-state index contributed by atoms with van der Waals surface area (Å²) in [4.78, 5) is 12.5. The number of nitrogens with zero attached hydrogens (tertiary/aromatic N) is 1. The first-order chi connectivity index (χ1) is 14.2. The lowest BCUT2D eigenvalue weighted by Gasteiger charge is -2.19. The van der Waals surface area contributed by atoms with Gasteiger partial charge in [-0.2, -0.15) is 0 Å². The lowest BCUT2D eigenvalue weighted by molar-refractivity contribution is -0.138. The average molecular weight is 415 g/mol. The number of carboxylic acids is 1. The molecule has 0 saturated heterocycles. The van der Waals surface area contributed by atoms with Crippen LogP contribution < -0.4 is 5.32 Å². The molecule has 0 rings (SSSR count). The molecule has 5 heteroatoms. The SMILES string of the molecule is CCCCCCCCCCCCCCCCCCNCCN(CCO)CC(=O)O. The van der Waals surface area contributed by atoms with Crippen molar-refractivity contribution in [1.29, 1.82) is 0 Å². The van der Waals surface area contributed by atoms with Crippen LogP contribution in [0, 0.1) is 0 Å². The van der Waals surface area contributed by atoms with E-state index in [1.54, 1.807) is 4.90 Å². The largest absolute Gasteiger partial charge is 0.480 e. The molecule has 0 fully saturated rings. The normalized spacial score (nSPS) is 11.4. The number of nitrogens with one attached hydrogen (secondary N) is 1. The Balaban J connectivity index is 3.19. The first kappa shape index (κ1) is 28.4. The fourth-order valence-corrected chi connectivity index (χ4v) is 3.76. The van der Waals surface area contributed by atoms with E-state index in [1.165, 1.54) is 103 Å². The van der Waals surface area contributed by atoms with Gasteiger partial charge < -0.3 is 15.5 Å². The van der Waals surface area contributed by atoms with E-state index in [1.807, 2.05) is 0 Å². The monoisotopic (exact) mass is 414 g/mol. The van der Waals surface area contributed by atoms with Gasteiger partial charge in [0.2, 0.25) is 0 Å². The summed E-state index contributed by atoms with van der Waals surface area (Å²) in [6.07, 6.45) is 22.2. The van der Waals surface area contributed by atoms with E-state index >= 15 is 0 Å². The fraction of sp³-hybridized carbons (Fsp3) is 0.958. The van der Waals surface area contributed by atoms with Crippen LogP contribution in [-0.2, 0) is 4.79 Å². The van der Waals surface area contributed by atoms with Crippen molar-refractivity contribution in [2.45, 2.75) is 110 Å². The number of carbonyl (C=O) groups is 1. The van der Waals surface area contributed by atoms with Crippen LogP contribution in [0.3, 0.4) is 0 Å². The zero-order valence-electron chi connectivity index (χ0n) is 19.3. The first-order valence-electron chi connectivity index (χ1n) is 12.5. The molecule has 0 heterocycles.